The molecule has 2 atom stereocenters. The van der Waals surface area contributed by atoms with Gasteiger partial charge in [0.15, 0.2) is 0 Å². The van der Waals surface area contributed by atoms with Gasteiger partial charge in [0.1, 0.15) is 0 Å². The molecule has 0 aromatic heterocycles. The van der Waals surface area contributed by atoms with Gasteiger partial charge in [-0.3, -0.25) is 9.59 Å². The van der Waals surface area contributed by atoms with Crippen LogP contribution in [0.1, 0.15) is 52.4 Å². The summed E-state index contributed by atoms with van der Waals surface area (Å²) in [5, 5.41) is 33.0. The Morgan fingerprint density at radius 3 is 1.33 bits per heavy atom. The van der Waals surface area contributed by atoms with Crippen molar-refractivity contribution in [3.05, 3.63) is 0 Å². The number of hydrogen-bond acceptors (Lipinski definition) is 5. The second kappa shape index (κ2) is 15.2. The van der Waals surface area contributed by atoms with Gasteiger partial charge in [-0.2, -0.15) is 0 Å². The van der Waals surface area contributed by atoms with Crippen LogP contribution in [0.3, 0.4) is 0 Å². The molecule has 1 fully saturated rings. The van der Waals surface area contributed by atoms with Crippen LogP contribution in [0.25, 0.3) is 0 Å². The van der Waals surface area contributed by atoms with Crippen LogP contribution in [0.2, 0.25) is 0 Å². The van der Waals surface area contributed by atoms with Gasteiger partial charge in [-0.15, -0.1) is 0 Å². The molecule has 1 heterocycles. The predicted molar refractivity (Wildman–Crippen MR) is 77.2 cm³/mol. The van der Waals surface area contributed by atoms with Gasteiger partial charge in [-0.25, -0.2) is 0 Å². The van der Waals surface area contributed by atoms with E-state index in [1.165, 1.54) is 0 Å². The number of carboxylic acids is 2. The maximum atomic E-state index is 9.60. The van der Waals surface area contributed by atoms with Crippen molar-refractivity contribution in [2.75, 3.05) is 13.2 Å². The predicted octanol–water partition coefficient (Wildman–Crippen LogP) is 1.26. The Bertz CT molecular complexity index is 242. The molecule has 0 bridgehead atoms. The molecule has 1 aliphatic heterocycles. The molecule has 0 spiro atoms. The van der Waals surface area contributed by atoms with Gasteiger partial charge in [-0.1, -0.05) is 13.8 Å². The van der Waals surface area contributed by atoms with Gasteiger partial charge in [0.05, 0.1) is 25.4 Å². The Kier molecular flexibility index (Phi) is 16.0. The maximum Gasteiger partial charge on any atom is 0.303 e. The highest BCUT2D eigenvalue weighted by Gasteiger charge is 2.23. The minimum Gasteiger partial charge on any atom is -0.481 e. The van der Waals surface area contributed by atoms with Crippen LogP contribution in [0.15, 0.2) is 0 Å². The Balaban J connectivity index is 0. The molecule has 4 N–H and O–H groups in total. The van der Waals surface area contributed by atoms with Gasteiger partial charge in [-0.05, 0) is 25.7 Å². The van der Waals surface area contributed by atoms with E-state index in [0.717, 1.165) is 25.7 Å². The van der Waals surface area contributed by atoms with Crippen LogP contribution in [0.4, 0.5) is 0 Å². The molecule has 0 aromatic carbocycles. The maximum absolute atomic E-state index is 9.60. The molecule has 2 unspecified atom stereocenters. The largest absolute Gasteiger partial charge is 0.481 e. The lowest BCUT2D eigenvalue weighted by atomic mass is 10.2. The Morgan fingerprint density at radius 2 is 1.24 bits per heavy atom. The molecule has 7 heteroatoms. The molecule has 1 rings (SSSR count). The fourth-order valence-corrected chi connectivity index (χ4v) is 1.48. The fraction of sp³-hybridized carbons (Fsp3) is 0.857. The zero-order valence-electron chi connectivity index (χ0n) is 12.8. The van der Waals surface area contributed by atoms with E-state index in [-0.39, 0.29) is 25.4 Å². The molecule has 1 saturated heterocycles. The Labute approximate surface area is 125 Å². The molecule has 7 nitrogen and oxygen atoms in total. The summed E-state index contributed by atoms with van der Waals surface area (Å²) in [4.78, 5) is 19.2. The normalized spacial score (nSPS) is 19.8. The van der Waals surface area contributed by atoms with Gasteiger partial charge in [0.2, 0.25) is 0 Å². The third kappa shape index (κ3) is 16.8. The summed E-state index contributed by atoms with van der Waals surface area (Å²) in [5.41, 5.74) is 0. The van der Waals surface area contributed by atoms with Crippen molar-refractivity contribution >= 4 is 11.9 Å². The van der Waals surface area contributed by atoms with Crippen LogP contribution in [-0.4, -0.2) is 57.8 Å². The average Bonchev–Trinajstić information content (AvgIpc) is 2.87. The summed E-state index contributed by atoms with van der Waals surface area (Å²) in [7, 11) is 0. The van der Waals surface area contributed by atoms with E-state index >= 15 is 0 Å². The summed E-state index contributed by atoms with van der Waals surface area (Å²) >= 11 is 0. The van der Waals surface area contributed by atoms with Gasteiger partial charge >= 0.3 is 11.9 Å². The minimum absolute atomic E-state index is 0.0258. The molecule has 126 valence electrons. The topological polar surface area (TPSA) is 124 Å². The minimum atomic E-state index is -0.711. The number of carboxylic acid groups (broad SMARTS) is 2. The number of carbonyl (C=O) groups is 2. The number of hydrogen-bond donors (Lipinski definition) is 4. The van der Waals surface area contributed by atoms with Crippen molar-refractivity contribution < 1.29 is 34.8 Å². The Hall–Kier alpha value is -1.18. The lowest BCUT2D eigenvalue weighted by Crippen LogP contribution is -2.16. The second-order valence-corrected chi connectivity index (χ2v) is 4.61. The molecule has 21 heavy (non-hydrogen) atoms. The summed E-state index contributed by atoms with van der Waals surface area (Å²) in [5.74, 6) is -1.42. The summed E-state index contributed by atoms with van der Waals surface area (Å²) < 4.78 is 5.16. The average molecular weight is 308 g/mol. The van der Waals surface area contributed by atoms with Crippen LogP contribution < -0.4 is 0 Å². The lowest BCUT2D eigenvalue weighted by molar-refractivity contribution is -0.138. The molecule has 0 aliphatic carbocycles. The van der Waals surface area contributed by atoms with E-state index in [0.29, 0.717) is 12.8 Å². The first-order valence-corrected chi connectivity index (χ1v) is 7.21. The standard InChI is InChI=1S/C6H12O3.2C4H8O2/c7-3-5-1-2-6(4-8)9-5;2*1-2-3-4(5)6/h5-8H,1-4H2;2*2-3H2,1H3,(H,5,6). The summed E-state index contributed by atoms with van der Waals surface area (Å²) in [6.07, 6.45) is 3.75. The molecular formula is C14H28O7. The third-order valence-corrected chi connectivity index (χ3v) is 2.53. The zero-order chi connectivity index (χ0) is 16.7. The van der Waals surface area contributed by atoms with Crippen molar-refractivity contribution in [2.45, 2.75) is 64.6 Å². The molecule has 1 aliphatic rings. The van der Waals surface area contributed by atoms with E-state index in [4.69, 9.17) is 25.2 Å². The van der Waals surface area contributed by atoms with Crippen molar-refractivity contribution in [1.82, 2.24) is 0 Å². The smallest absolute Gasteiger partial charge is 0.303 e. The van der Waals surface area contributed by atoms with E-state index in [1.807, 2.05) is 13.8 Å². The highest BCUT2D eigenvalue weighted by atomic mass is 16.5. The van der Waals surface area contributed by atoms with Gasteiger partial charge < -0.3 is 25.2 Å². The van der Waals surface area contributed by atoms with Crippen molar-refractivity contribution in [3.63, 3.8) is 0 Å². The van der Waals surface area contributed by atoms with E-state index < -0.39 is 11.9 Å². The van der Waals surface area contributed by atoms with Crippen LogP contribution in [0, 0.1) is 0 Å². The highest BCUT2D eigenvalue weighted by Crippen LogP contribution is 2.18. The van der Waals surface area contributed by atoms with Crippen molar-refractivity contribution in [1.29, 1.82) is 0 Å². The van der Waals surface area contributed by atoms with Crippen LogP contribution in [-0.2, 0) is 14.3 Å². The zero-order valence-corrected chi connectivity index (χ0v) is 12.8. The molecule has 0 aromatic rings. The molecule has 0 amide bonds. The van der Waals surface area contributed by atoms with Crippen LogP contribution in [0.5, 0.6) is 0 Å². The number of aliphatic hydroxyl groups excluding tert-OH is 2. The third-order valence-electron chi connectivity index (χ3n) is 2.53. The second-order valence-electron chi connectivity index (χ2n) is 4.61. The monoisotopic (exact) mass is 308 g/mol. The molecule has 0 radical (unpaired) electrons. The van der Waals surface area contributed by atoms with E-state index in [9.17, 15) is 9.59 Å². The van der Waals surface area contributed by atoms with E-state index in [1.54, 1.807) is 0 Å². The lowest BCUT2D eigenvalue weighted by Gasteiger charge is -2.07. The number of aliphatic hydroxyl groups is 2. The van der Waals surface area contributed by atoms with Crippen LogP contribution >= 0.6 is 0 Å². The van der Waals surface area contributed by atoms with Gasteiger partial charge in [0, 0.05) is 12.8 Å². The summed E-state index contributed by atoms with van der Waals surface area (Å²) in [6.45, 7) is 3.84. The number of ether oxygens (including phenoxy) is 1. The van der Waals surface area contributed by atoms with Crippen molar-refractivity contribution in [3.8, 4) is 0 Å². The van der Waals surface area contributed by atoms with E-state index in [2.05, 4.69) is 0 Å². The molecule has 0 saturated carbocycles. The first-order chi connectivity index (χ1) is 9.90. The number of rotatable bonds is 6. The molecular weight excluding hydrogens is 280 g/mol. The quantitative estimate of drug-likeness (QED) is 0.582. The van der Waals surface area contributed by atoms with Crippen molar-refractivity contribution in [2.24, 2.45) is 0 Å². The highest BCUT2D eigenvalue weighted by molar-refractivity contribution is 5.66. The summed E-state index contributed by atoms with van der Waals surface area (Å²) in [6, 6.07) is 0. The first kappa shape index (κ1) is 22.1. The van der Waals surface area contributed by atoms with Gasteiger partial charge in [0.25, 0.3) is 0 Å². The fourth-order valence-electron chi connectivity index (χ4n) is 1.48. The SMILES string of the molecule is CCCC(=O)O.CCCC(=O)O.OCC1CCC(CO)O1. The first-order valence-electron chi connectivity index (χ1n) is 7.21. The Morgan fingerprint density at radius 1 is 0.905 bits per heavy atom. The number of aliphatic carboxylic acids is 2.